The standard InChI is InChI=1S/C22H26N4O2/c1-25(16-18-8-3-2-4-9-18)14-7-13-23-21(27)12-15-26-17-24-20-11-6-5-10-19(20)22(26)28/h2-6,8-11,17H,7,12-16H2,1H3,(H,23,27). The molecule has 0 spiro atoms. The summed E-state index contributed by atoms with van der Waals surface area (Å²) in [5, 5.41) is 3.50. The van der Waals surface area contributed by atoms with Crippen molar-refractivity contribution < 1.29 is 4.79 Å². The minimum Gasteiger partial charge on any atom is -0.356 e. The molecule has 3 aromatic rings. The number of nitrogens with zero attached hydrogens (tertiary/aromatic N) is 3. The second kappa shape index (κ2) is 9.80. The van der Waals surface area contributed by atoms with E-state index < -0.39 is 0 Å². The third-order valence-electron chi connectivity index (χ3n) is 4.65. The van der Waals surface area contributed by atoms with Gasteiger partial charge >= 0.3 is 0 Å². The van der Waals surface area contributed by atoms with Crippen LogP contribution in [0.3, 0.4) is 0 Å². The topological polar surface area (TPSA) is 67.2 Å². The average Bonchev–Trinajstić information content (AvgIpc) is 2.72. The summed E-state index contributed by atoms with van der Waals surface area (Å²) in [5.74, 6) is -0.0502. The number of hydrogen-bond donors (Lipinski definition) is 1. The Morgan fingerprint density at radius 3 is 2.68 bits per heavy atom. The number of fused-ring (bicyclic) bond motifs is 1. The number of carbonyl (C=O) groups is 1. The normalized spacial score (nSPS) is 11.1. The molecular weight excluding hydrogens is 352 g/mol. The summed E-state index contributed by atoms with van der Waals surface area (Å²) in [7, 11) is 2.08. The summed E-state index contributed by atoms with van der Waals surface area (Å²) in [6.45, 7) is 2.76. The molecule has 0 atom stereocenters. The zero-order valence-electron chi connectivity index (χ0n) is 16.2. The molecular formula is C22H26N4O2. The Hall–Kier alpha value is -2.99. The minimum absolute atomic E-state index is 0.0502. The van der Waals surface area contributed by atoms with Gasteiger partial charge in [0.25, 0.3) is 5.56 Å². The molecule has 1 N–H and O–H groups in total. The van der Waals surface area contributed by atoms with Gasteiger partial charge in [0, 0.05) is 26.1 Å². The molecule has 6 heteroatoms. The van der Waals surface area contributed by atoms with Gasteiger partial charge < -0.3 is 10.2 Å². The maximum Gasteiger partial charge on any atom is 0.261 e. The molecule has 2 aromatic carbocycles. The van der Waals surface area contributed by atoms with Crippen LogP contribution >= 0.6 is 0 Å². The van der Waals surface area contributed by atoms with Gasteiger partial charge in [0.05, 0.1) is 17.2 Å². The second-order valence-electron chi connectivity index (χ2n) is 6.94. The number of amides is 1. The Kier molecular flexibility index (Phi) is 6.92. The van der Waals surface area contributed by atoms with Crippen LogP contribution in [0, 0.1) is 0 Å². The number of carbonyl (C=O) groups excluding carboxylic acids is 1. The van der Waals surface area contributed by atoms with E-state index >= 15 is 0 Å². The Bertz CT molecular complexity index is 969. The van der Waals surface area contributed by atoms with Crippen LogP contribution in [0.4, 0.5) is 0 Å². The number of hydrogen-bond acceptors (Lipinski definition) is 4. The Labute approximate surface area is 164 Å². The fourth-order valence-electron chi connectivity index (χ4n) is 3.13. The van der Waals surface area contributed by atoms with Crippen LogP contribution < -0.4 is 10.9 Å². The third-order valence-corrected chi connectivity index (χ3v) is 4.65. The molecule has 0 fully saturated rings. The predicted molar refractivity (Wildman–Crippen MR) is 111 cm³/mol. The summed E-state index contributed by atoms with van der Waals surface area (Å²) >= 11 is 0. The predicted octanol–water partition coefficient (Wildman–Crippen LogP) is 2.42. The largest absolute Gasteiger partial charge is 0.356 e. The van der Waals surface area contributed by atoms with E-state index in [2.05, 4.69) is 34.4 Å². The van der Waals surface area contributed by atoms with Gasteiger partial charge in [0.15, 0.2) is 0 Å². The van der Waals surface area contributed by atoms with Crippen LogP contribution in [-0.4, -0.2) is 40.5 Å². The number of para-hydroxylation sites is 1. The lowest BCUT2D eigenvalue weighted by Crippen LogP contribution is -2.30. The van der Waals surface area contributed by atoms with E-state index in [0.717, 1.165) is 19.5 Å². The fraction of sp³-hybridized carbons (Fsp3) is 0.318. The quantitative estimate of drug-likeness (QED) is 0.581. The monoisotopic (exact) mass is 378 g/mol. The third kappa shape index (κ3) is 5.50. The number of benzene rings is 2. The molecule has 0 unspecified atom stereocenters. The van der Waals surface area contributed by atoms with E-state index in [1.807, 2.05) is 36.4 Å². The molecule has 3 rings (SSSR count). The van der Waals surface area contributed by atoms with Crippen LogP contribution in [0.1, 0.15) is 18.4 Å². The van der Waals surface area contributed by atoms with Gasteiger partial charge in [-0.05, 0) is 37.7 Å². The van der Waals surface area contributed by atoms with Gasteiger partial charge in [-0.2, -0.15) is 0 Å². The molecule has 1 heterocycles. The minimum atomic E-state index is -0.110. The molecule has 1 amide bonds. The summed E-state index contributed by atoms with van der Waals surface area (Å²) in [6, 6.07) is 17.6. The first-order valence-electron chi connectivity index (χ1n) is 9.57. The van der Waals surface area contributed by atoms with E-state index in [4.69, 9.17) is 0 Å². The molecule has 1 aromatic heterocycles. The van der Waals surface area contributed by atoms with E-state index in [-0.39, 0.29) is 17.9 Å². The lowest BCUT2D eigenvalue weighted by atomic mass is 10.2. The van der Waals surface area contributed by atoms with Crippen LogP contribution in [0.25, 0.3) is 10.9 Å². The van der Waals surface area contributed by atoms with Crippen molar-refractivity contribution >= 4 is 16.8 Å². The van der Waals surface area contributed by atoms with Crippen molar-refractivity contribution in [3.63, 3.8) is 0 Å². The van der Waals surface area contributed by atoms with E-state index in [1.54, 1.807) is 6.07 Å². The van der Waals surface area contributed by atoms with Crippen molar-refractivity contribution in [2.45, 2.75) is 25.9 Å². The van der Waals surface area contributed by atoms with Gasteiger partial charge in [0.1, 0.15) is 0 Å². The van der Waals surface area contributed by atoms with E-state index in [1.165, 1.54) is 16.5 Å². The number of nitrogens with one attached hydrogen (secondary N) is 1. The maximum absolute atomic E-state index is 12.4. The van der Waals surface area contributed by atoms with Gasteiger partial charge in [0.2, 0.25) is 5.91 Å². The van der Waals surface area contributed by atoms with Crippen molar-refractivity contribution in [3.8, 4) is 0 Å². The molecule has 0 aliphatic carbocycles. The molecule has 146 valence electrons. The highest BCUT2D eigenvalue weighted by molar-refractivity contribution is 5.77. The highest BCUT2D eigenvalue weighted by Gasteiger charge is 2.06. The highest BCUT2D eigenvalue weighted by atomic mass is 16.1. The van der Waals surface area contributed by atoms with Crippen molar-refractivity contribution in [1.29, 1.82) is 0 Å². The number of rotatable bonds is 9. The second-order valence-corrected chi connectivity index (χ2v) is 6.94. The molecule has 0 aliphatic rings. The molecule has 0 saturated heterocycles. The van der Waals surface area contributed by atoms with Crippen molar-refractivity contribution in [3.05, 3.63) is 76.8 Å². The lowest BCUT2D eigenvalue weighted by Gasteiger charge is -2.16. The summed E-state index contributed by atoms with van der Waals surface area (Å²) in [6.07, 6.45) is 2.66. The zero-order chi connectivity index (χ0) is 19.8. The first kappa shape index (κ1) is 19.8. The summed E-state index contributed by atoms with van der Waals surface area (Å²) < 4.78 is 1.50. The van der Waals surface area contributed by atoms with Gasteiger partial charge in [-0.25, -0.2) is 4.98 Å². The van der Waals surface area contributed by atoms with Crippen LogP contribution in [-0.2, 0) is 17.9 Å². The smallest absolute Gasteiger partial charge is 0.261 e. The first-order valence-corrected chi connectivity index (χ1v) is 9.57. The van der Waals surface area contributed by atoms with Gasteiger partial charge in [-0.1, -0.05) is 42.5 Å². The Morgan fingerprint density at radius 2 is 1.86 bits per heavy atom. The Morgan fingerprint density at radius 1 is 1.11 bits per heavy atom. The van der Waals surface area contributed by atoms with Gasteiger partial charge in [-0.15, -0.1) is 0 Å². The zero-order valence-corrected chi connectivity index (χ0v) is 16.2. The highest BCUT2D eigenvalue weighted by Crippen LogP contribution is 2.05. The SMILES string of the molecule is CN(CCCNC(=O)CCn1cnc2ccccc2c1=O)Cc1ccccc1. The van der Waals surface area contributed by atoms with Crippen molar-refractivity contribution in [2.24, 2.45) is 0 Å². The van der Waals surface area contributed by atoms with E-state index in [9.17, 15) is 9.59 Å². The van der Waals surface area contributed by atoms with Gasteiger partial charge in [-0.3, -0.25) is 14.2 Å². The van der Waals surface area contributed by atoms with Crippen molar-refractivity contribution in [2.75, 3.05) is 20.1 Å². The molecule has 0 radical (unpaired) electrons. The number of aromatic nitrogens is 2. The van der Waals surface area contributed by atoms with Crippen molar-refractivity contribution in [1.82, 2.24) is 19.8 Å². The average molecular weight is 378 g/mol. The van der Waals surface area contributed by atoms with Crippen LogP contribution in [0.2, 0.25) is 0 Å². The summed E-state index contributed by atoms with van der Waals surface area (Å²) in [4.78, 5) is 31.0. The summed E-state index contributed by atoms with van der Waals surface area (Å²) in [5.41, 5.74) is 1.84. The Balaban J connectivity index is 1.38. The first-order chi connectivity index (χ1) is 13.6. The lowest BCUT2D eigenvalue weighted by molar-refractivity contribution is -0.121. The molecule has 28 heavy (non-hydrogen) atoms. The van der Waals surface area contributed by atoms with Crippen LogP contribution in [0.15, 0.2) is 65.7 Å². The van der Waals surface area contributed by atoms with E-state index in [0.29, 0.717) is 24.0 Å². The molecule has 0 aliphatic heterocycles. The molecule has 0 saturated carbocycles. The molecule has 0 bridgehead atoms. The number of aryl methyl sites for hydroxylation is 1. The van der Waals surface area contributed by atoms with Crippen LogP contribution in [0.5, 0.6) is 0 Å². The fourth-order valence-corrected chi connectivity index (χ4v) is 3.13. The molecule has 6 nitrogen and oxygen atoms in total. The maximum atomic E-state index is 12.4.